The number of carboxylic acids is 1. The topological polar surface area (TPSA) is 57.5 Å². The summed E-state index contributed by atoms with van der Waals surface area (Å²) in [5, 5.41) is 18.9. The second kappa shape index (κ2) is 4.65. The zero-order valence-corrected chi connectivity index (χ0v) is 10.4. The number of carboxylic acid groups (broad SMARTS) is 1. The molecule has 2 N–H and O–H groups in total. The minimum atomic E-state index is -0.844. The molecule has 0 saturated heterocycles. The van der Waals surface area contributed by atoms with Crippen LogP contribution in [0, 0.1) is 11.8 Å². The largest absolute Gasteiger partial charge is 0.478 e. The molecule has 0 amide bonds. The summed E-state index contributed by atoms with van der Waals surface area (Å²) in [4.78, 5) is 10.9. The van der Waals surface area contributed by atoms with Crippen molar-refractivity contribution in [3.63, 3.8) is 0 Å². The Balaban J connectivity index is 2.27. The maximum Gasteiger partial charge on any atom is 0.330 e. The molecule has 1 saturated carbocycles. The van der Waals surface area contributed by atoms with Crippen LogP contribution in [0.25, 0.3) is 0 Å². The fourth-order valence-electron chi connectivity index (χ4n) is 3.30. The summed E-state index contributed by atoms with van der Waals surface area (Å²) in [5.74, 6) is -0.350. The summed E-state index contributed by atoms with van der Waals surface area (Å²) < 4.78 is 0. The molecule has 2 unspecified atom stereocenters. The maximum absolute atomic E-state index is 10.9. The Labute approximate surface area is 102 Å². The molecule has 94 valence electrons. The van der Waals surface area contributed by atoms with E-state index in [0.29, 0.717) is 5.57 Å². The van der Waals surface area contributed by atoms with Gasteiger partial charge in [0.25, 0.3) is 0 Å². The van der Waals surface area contributed by atoms with E-state index < -0.39 is 5.97 Å². The zero-order chi connectivity index (χ0) is 12.6. The molecular formula is C14H20O3. The van der Waals surface area contributed by atoms with Crippen molar-refractivity contribution < 1.29 is 15.0 Å². The van der Waals surface area contributed by atoms with Crippen LogP contribution in [-0.2, 0) is 4.79 Å². The molecule has 0 radical (unpaired) electrons. The smallest absolute Gasteiger partial charge is 0.330 e. The highest BCUT2D eigenvalue weighted by Crippen LogP contribution is 2.45. The Bertz CT molecular complexity index is 392. The third kappa shape index (κ3) is 2.29. The minimum absolute atomic E-state index is 0.224. The van der Waals surface area contributed by atoms with Crippen LogP contribution in [0.3, 0.4) is 0 Å². The Hall–Kier alpha value is -1.09. The fraction of sp³-hybridized carbons (Fsp3) is 0.643. The van der Waals surface area contributed by atoms with Gasteiger partial charge in [0.1, 0.15) is 0 Å². The molecule has 0 spiro atoms. The van der Waals surface area contributed by atoms with E-state index >= 15 is 0 Å². The van der Waals surface area contributed by atoms with Crippen molar-refractivity contribution in [3.05, 3.63) is 22.8 Å². The van der Waals surface area contributed by atoms with Crippen molar-refractivity contribution >= 4 is 5.97 Å². The molecule has 3 atom stereocenters. The van der Waals surface area contributed by atoms with E-state index in [1.807, 2.05) is 6.08 Å². The number of aliphatic hydroxyl groups is 1. The average molecular weight is 236 g/mol. The highest BCUT2D eigenvalue weighted by atomic mass is 16.4. The molecule has 0 aromatic rings. The normalized spacial score (nSPS) is 33.8. The number of hydrogen-bond acceptors (Lipinski definition) is 2. The number of allylic oxidation sites excluding steroid dienone is 1. The van der Waals surface area contributed by atoms with Gasteiger partial charge in [-0.1, -0.05) is 23.6 Å². The van der Waals surface area contributed by atoms with E-state index in [0.717, 1.165) is 25.7 Å². The number of carbonyl (C=O) groups is 1. The van der Waals surface area contributed by atoms with Crippen molar-refractivity contribution in [1.29, 1.82) is 0 Å². The summed E-state index contributed by atoms with van der Waals surface area (Å²) in [6, 6.07) is 0. The van der Waals surface area contributed by atoms with Gasteiger partial charge in [-0.05, 0) is 39.0 Å². The molecule has 2 aliphatic rings. The van der Waals surface area contributed by atoms with Gasteiger partial charge in [-0.3, -0.25) is 0 Å². The van der Waals surface area contributed by atoms with Crippen LogP contribution in [0.1, 0.15) is 39.5 Å². The molecule has 2 rings (SSSR count). The lowest BCUT2D eigenvalue weighted by Gasteiger charge is -2.30. The number of aliphatic carboxylic acids is 1. The number of fused-ring (bicyclic) bond motifs is 1. The zero-order valence-electron chi connectivity index (χ0n) is 10.4. The van der Waals surface area contributed by atoms with Gasteiger partial charge >= 0.3 is 5.97 Å². The van der Waals surface area contributed by atoms with E-state index in [9.17, 15) is 9.90 Å². The van der Waals surface area contributed by atoms with Crippen LogP contribution in [0.4, 0.5) is 0 Å². The van der Waals surface area contributed by atoms with Crippen molar-refractivity contribution in [2.75, 3.05) is 0 Å². The standard InChI is InChI=1S/C14H20O3/c1-8-7-12(15)11-5-3-4-10(13(8)11)6-9(2)14(16)17/h6,10-12,15H,3-5,7H2,1-2H3,(H,16,17)/b9-6+/t10-,11?,12?/m0/s1. The molecule has 17 heavy (non-hydrogen) atoms. The third-order valence-electron chi connectivity index (χ3n) is 4.09. The van der Waals surface area contributed by atoms with Crippen molar-refractivity contribution in [2.24, 2.45) is 11.8 Å². The highest BCUT2D eigenvalue weighted by Gasteiger charge is 2.37. The SMILES string of the molecule is CC1=C2C(CCC[C@H]2/C=C(\C)C(=O)O)C(O)C1. The molecule has 0 aromatic heterocycles. The second-order valence-corrected chi connectivity index (χ2v) is 5.31. The molecule has 1 fully saturated rings. The molecular weight excluding hydrogens is 216 g/mol. The first kappa shape index (κ1) is 12.4. The molecule has 0 aliphatic heterocycles. The van der Waals surface area contributed by atoms with E-state index in [2.05, 4.69) is 6.92 Å². The molecule has 0 aromatic carbocycles. The Morgan fingerprint density at radius 1 is 1.41 bits per heavy atom. The van der Waals surface area contributed by atoms with Gasteiger partial charge < -0.3 is 10.2 Å². The molecule has 0 bridgehead atoms. The summed E-state index contributed by atoms with van der Waals surface area (Å²) >= 11 is 0. The summed E-state index contributed by atoms with van der Waals surface area (Å²) in [6.45, 7) is 3.72. The molecule has 0 heterocycles. The van der Waals surface area contributed by atoms with E-state index in [1.165, 1.54) is 11.1 Å². The fourth-order valence-corrected chi connectivity index (χ4v) is 3.30. The Kier molecular flexibility index (Phi) is 3.38. The van der Waals surface area contributed by atoms with Crippen LogP contribution in [0.5, 0.6) is 0 Å². The third-order valence-corrected chi connectivity index (χ3v) is 4.09. The van der Waals surface area contributed by atoms with Crippen molar-refractivity contribution in [1.82, 2.24) is 0 Å². The first-order chi connectivity index (χ1) is 8.00. The first-order valence-electron chi connectivity index (χ1n) is 6.30. The van der Waals surface area contributed by atoms with Gasteiger partial charge in [-0.15, -0.1) is 0 Å². The lowest BCUT2D eigenvalue weighted by Crippen LogP contribution is -2.24. The lowest BCUT2D eigenvalue weighted by molar-refractivity contribution is -0.132. The molecule has 3 heteroatoms. The number of rotatable bonds is 2. The minimum Gasteiger partial charge on any atom is -0.478 e. The van der Waals surface area contributed by atoms with Gasteiger partial charge in [0.15, 0.2) is 0 Å². The Morgan fingerprint density at radius 2 is 2.12 bits per heavy atom. The van der Waals surface area contributed by atoms with Gasteiger partial charge in [0.2, 0.25) is 0 Å². The van der Waals surface area contributed by atoms with Crippen LogP contribution < -0.4 is 0 Å². The Morgan fingerprint density at radius 3 is 2.76 bits per heavy atom. The highest BCUT2D eigenvalue weighted by molar-refractivity contribution is 5.85. The predicted octanol–water partition coefficient (Wildman–Crippen LogP) is 2.51. The summed E-state index contributed by atoms with van der Waals surface area (Å²) in [5.41, 5.74) is 2.99. The van der Waals surface area contributed by atoms with Crippen molar-refractivity contribution in [3.8, 4) is 0 Å². The molecule has 2 aliphatic carbocycles. The van der Waals surface area contributed by atoms with Crippen LogP contribution in [-0.4, -0.2) is 22.3 Å². The summed E-state index contributed by atoms with van der Waals surface area (Å²) in [6.07, 6.45) is 5.52. The predicted molar refractivity (Wildman–Crippen MR) is 65.5 cm³/mol. The quantitative estimate of drug-likeness (QED) is 0.572. The first-order valence-corrected chi connectivity index (χ1v) is 6.30. The van der Waals surface area contributed by atoms with Crippen LogP contribution in [0.15, 0.2) is 22.8 Å². The van der Waals surface area contributed by atoms with Crippen LogP contribution in [0.2, 0.25) is 0 Å². The monoisotopic (exact) mass is 236 g/mol. The van der Waals surface area contributed by atoms with Gasteiger partial charge in [-0.25, -0.2) is 4.79 Å². The van der Waals surface area contributed by atoms with E-state index in [4.69, 9.17) is 5.11 Å². The number of aliphatic hydroxyl groups excluding tert-OH is 1. The van der Waals surface area contributed by atoms with E-state index in [1.54, 1.807) is 6.92 Å². The van der Waals surface area contributed by atoms with Gasteiger partial charge in [0.05, 0.1) is 6.10 Å². The maximum atomic E-state index is 10.9. The molecule has 3 nitrogen and oxygen atoms in total. The van der Waals surface area contributed by atoms with Gasteiger partial charge in [-0.2, -0.15) is 0 Å². The van der Waals surface area contributed by atoms with Crippen molar-refractivity contribution in [2.45, 2.75) is 45.6 Å². The second-order valence-electron chi connectivity index (χ2n) is 5.31. The lowest BCUT2D eigenvalue weighted by atomic mass is 9.76. The average Bonchev–Trinajstić information content (AvgIpc) is 2.55. The van der Waals surface area contributed by atoms with Gasteiger partial charge in [0, 0.05) is 11.5 Å². The van der Waals surface area contributed by atoms with E-state index in [-0.39, 0.29) is 17.9 Å². The van der Waals surface area contributed by atoms with Crippen LogP contribution >= 0.6 is 0 Å². The number of hydrogen-bond donors (Lipinski definition) is 2. The summed E-state index contributed by atoms with van der Waals surface area (Å²) in [7, 11) is 0.